The van der Waals surface area contributed by atoms with Gasteiger partial charge < -0.3 is 0 Å². The molecule has 2 nitrogen and oxygen atoms in total. The van der Waals surface area contributed by atoms with Crippen molar-refractivity contribution in [2.24, 2.45) is 0 Å². The van der Waals surface area contributed by atoms with Crippen LogP contribution >= 0.6 is 0 Å². The molecule has 43 heavy (non-hydrogen) atoms. The molecule has 1 heterocycles. The molecule has 0 amide bonds. The van der Waals surface area contributed by atoms with E-state index in [4.69, 9.17) is 5.26 Å². The van der Waals surface area contributed by atoms with Crippen molar-refractivity contribution in [1.82, 2.24) is 4.98 Å². The maximum absolute atomic E-state index is 8.90. The van der Waals surface area contributed by atoms with Gasteiger partial charge in [-0.25, -0.2) is 0 Å². The fourth-order valence-electron chi connectivity index (χ4n) is 4.70. The third kappa shape index (κ3) is 13.9. The van der Waals surface area contributed by atoms with Gasteiger partial charge in [-0.3, -0.25) is 4.98 Å². The monoisotopic (exact) mass is 578 g/mol. The van der Waals surface area contributed by atoms with Gasteiger partial charge >= 0.3 is 0 Å². The molecular weight excluding hydrogens is 520 g/mol. The molecule has 3 aromatic carbocycles. The predicted octanol–water partition coefficient (Wildman–Crippen LogP) is 12.4. The molecule has 0 saturated carbocycles. The summed E-state index contributed by atoms with van der Waals surface area (Å²) in [4.78, 5) is 4.20. The number of hydrogen-bond donors (Lipinski definition) is 0. The van der Waals surface area contributed by atoms with Gasteiger partial charge in [-0.15, -0.1) is 0 Å². The average Bonchev–Trinajstić information content (AvgIpc) is 2.94. The molecule has 0 radical (unpaired) electrons. The smallest absolute Gasteiger partial charge is 0.0997 e. The van der Waals surface area contributed by atoms with Crippen LogP contribution in [0.4, 0.5) is 0 Å². The summed E-state index contributed by atoms with van der Waals surface area (Å²) in [6.07, 6.45) is 1.83. The molecule has 0 aliphatic heterocycles. The van der Waals surface area contributed by atoms with Gasteiger partial charge in [0.1, 0.15) is 0 Å². The lowest BCUT2D eigenvalue weighted by Gasteiger charge is -2.08. The van der Waals surface area contributed by atoms with Crippen LogP contribution in [0.25, 0.3) is 0 Å². The zero-order valence-electron chi connectivity index (χ0n) is 28.3. The van der Waals surface area contributed by atoms with Crippen molar-refractivity contribution < 1.29 is 0 Å². The quantitative estimate of drug-likeness (QED) is 0.241. The molecule has 0 bridgehead atoms. The Morgan fingerprint density at radius 2 is 1.07 bits per heavy atom. The largest absolute Gasteiger partial charge is 0.261 e. The van der Waals surface area contributed by atoms with Crippen LogP contribution in [0.3, 0.4) is 0 Å². The Balaban J connectivity index is 0.000000544. The number of rotatable bonds is 4. The molecule has 1 aromatic heterocycles. The maximum atomic E-state index is 8.90. The molecule has 0 saturated heterocycles. The average molecular weight is 579 g/mol. The van der Waals surface area contributed by atoms with Crippen molar-refractivity contribution in [3.63, 3.8) is 0 Å². The normalized spacial score (nSPS) is 10.0. The first kappa shape index (κ1) is 39.3. The summed E-state index contributed by atoms with van der Waals surface area (Å²) in [5.74, 6) is 2.33. The van der Waals surface area contributed by atoms with Crippen LogP contribution in [0.5, 0.6) is 0 Å². The van der Waals surface area contributed by atoms with E-state index in [1.807, 2.05) is 37.4 Å². The van der Waals surface area contributed by atoms with E-state index in [1.54, 1.807) is 0 Å². The van der Waals surface area contributed by atoms with Gasteiger partial charge in [-0.2, -0.15) is 5.26 Å². The van der Waals surface area contributed by atoms with E-state index in [0.29, 0.717) is 23.7 Å². The topological polar surface area (TPSA) is 36.7 Å². The minimum atomic E-state index is 0. The van der Waals surface area contributed by atoms with Crippen LogP contribution in [0, 0.1) is 39.0 Å². The van der Waals surface area contributed by atoms with Gasteiger partial charge in [0.05, 0.1) is 11.6 Å². The van der Waals surface area contributed by atoms with Gasteiger partial charge in [-0.05, 0) is 90.8 Å². The van der Waals surface area contributed by atoms with E-state index in [-0.39, 0.29) is 7.43 Å². The second-order valence-electron chi connectivity index (χ2n) is 12.2. The van der Waals surface area contributed by atoms with Crippen molar-refractivity contribution in [2.75, 3.05) is 0 Å². The van der Waals surface area contributed by atoms with Crippen LogP contribution in [0.15, 0.2) is 85.1 Å². The summed E-state index contributed by atoms with van der Waals surface area (Å²) in [6.45, 7) is 25.8. The first-order chi connectivity index (χ1) is 19.8. The minimum absolute atomic E-state index is 0. The number of hydrogen-bond acceptors (Lipinski definition) is 2. The highest BCUT2D eigenvalue weighted by Crippen LogP contribution is 2.21. The van der Waals surface area contributed by atoms with Gasteiger partial charge in [0.25, 0.3) is 0 Å². The standard InChI is InChI=1S/C11H13N.2C10H14.C9H13N.CH4/c1-8(2)10-6-4-5-9(3)11(10)7-12;1-8(2)10-6-4-5-9(3)7-10;1-8(2)10-7-5-4-6-9(10)3;1-7(2)9-5-4-6-10-8(9)3;/h4-6,8H,1-3H3;2*4-8H,1-3H3;4-7H,1-3H3;1H4. The molecule has 2 heteroatoms. The molecule has 232 valence electrons. The highest BCUT2D eigenvalue weighted by atomic mass is 14.7. The Labute approximate surface area is 265 Å². The number of aryl methyl sites for hydroxylation is 4. The Morgan fingerprint density at radius 3 is 1.47 bits per heavy atom. The van der Waals surface area contributed by atoms with Gasteiger partial charge in [0, 0.05) is 11.9 Å². The van der Waals surface area contributed by atoms with Gasteiger partial charge in [-0.1, -0.05) is 141 Å². The lowest BCUT2D eigenvalue weighted by molar-refractivity contribution is 0.843. The van der Waals surface area contributed by atoms with Crippen molar-refractivity contribution in [3.8, 4) is 6.07 Å². The molecule has 0 atom stereocenters. The minimum Gasteiger partial charge on any atom is -0.261 e. The van der Waals surface area contributed by atoms with E-state index in [2.05, 4.69) is 142 Å². The lowest BCUT2D eigenvalue weighted by atomic mass is 9.95. The predicted molar refractivity (Wildman–Crippen MR) is 190 cm³/mol. The van der Waals surface area contributed by atoms with Crippen LogP contribution in [-0.4, -0.2) is 4.98 Å². The molecule has 0 spiro atoms. The Morgan fingerprint density at radius 1 is 0.558 bits per heavy atom. The van der Waals surface area contributed by atoms with Crippen molar-refractivity contribution >= 4 is 0 Å². The van der Waals surface area contributed by atoms with Crippen LogP contribution in [0.1, 0.15) is 137 Å². The number of aromatic nitrogens is 1. The fourth-order valence-corrected chi connectivity index (χ4v) is 4.70. The first-order valence-corrected chi connectivity index (χ1v) is 15.3. The first-order valence-electron chi connectivity index (χ1n) is 15.3. The molecule has 0 aliphatic rings. The summed E-state index contributed by atoms with van der Waals surface area (Å²) in [5, 5.41) is 8.90. The number of pyridine rings is 1. The lowest BCUT2D eigenvalue weighted by Crippen LogP contribution is -1.94. The number of benzene rings is 3. The Hall–Kier alpha value is -3.70. The Bertz CT molecular complexity index is 1340. The third-order valence-electron chi connectivity index (χ3n) is 7.23. The van der Waals surface area contributed by atoms with Crippen molar-refractivity contribution in [1.29, 1.82) is 5.26 Å². The summed E-state index contributed by atoms with van der Waals surface area (Å²) in [7, 11) is 0. The van der Waals surface area contributed by atoms with E-state index in [9.17, 15) is 0 Å². The van der Waals surface area contributed by atoms with E-state index in [1.165, 1.54) is 27.8 Å². The molecule has 0 fully saturated rings. The zero-order valence-corrected chi connectivity index (χ0v) is 28.3. The van der Waals surface area contributed by atoms with Gasteiger partial charge in [0.2, 0.25) is 0 Å². The van der Waals surface area contributed by atoms with Crippen LogP contribution < -0.4 is 0 Å². The Kier molecular flexibility index (Phi) is 18.5. The summed E-state index contributed by atoms with van der Waals surface area (Å²) in [5.41, 5.74) is 11.2. The zero-order chi connectivity index (χ0) is 31.8. The molecule has 0 unspecified atom stereocenters. The molecule has 4 rings (SSSR count). The molecular formula is C41H58N2. The molecule has 0 aliphatic carbocycles. The third-order valence-corrected chi connectivity index (χ3v) is 7.23. The maximum Gasteiger partial charge on any atom is 0.0997 e. The van der Waals surface area contributed by atoms with Crippen LogP contribution in [-0.2, 0) is 0 Å². The second kappa shape index (κ2) is 20.2. The van der Waals surface area contributed by atoms with Crippen molar-refractivity contribution in [2.45, 2.75) is 114 Å². The highest BCUT2D eigenvalue weighted by molar-refractivity contribution is 5.45. The SMILES string of the molecule is C.Cc1cccc(C(C)C)c1.Cc1cccc(C(C)C)c1C#N.Cc1ccccc1C(C)C.Cc1ncccc1C(C)C. The molecule has 4 aromatic rings. The molecule has 0 N–H and O–H groups in total. The summed E-state index contributed by atoms with van der Waals surface area (Å²) >= 11 is 0. The van der Waals surface area contributed by atoms with E-state index in [0.717, 1.165) is 22.4 Å². The summed E-state index contributed by atoms with van der Waals surface area (Å²) in [6, 6.07) is 29.6. The second-order valence-corrected chi connectivity index (χ2v) is 12.2. The van der Waals surface area contributed by atoms with Crippen LogP contribution in [0.2, 0.25) is 0 Å². The highest BCUT2D eigenvalue weighted by Gasteiger charge is 2.07. The van der Waals surface area contributed by atoms with E-state index >= 15 is 0 Å². The fraction of sp³-hybridized carbons (Fsp3) is 0.415. The van der Waals surface area contributed by atoms with Crippen molar-refractivity contribution in [3.05, 3.63) is 135 Å². The number of nitrogens with zero attached hydrogens (tertiary/aromatic N) is 2. The number of nitriles is 1. The van der Waals surface area contributed by atoms with E-state index < -0.39 is 0 Å². The van der Waals surface area contributed by atoms with Gasteiger partial charge in [0.15, 0.2) is 0 Å². The summed E-state index contributed by atoms with van der Waals surface area (Å²) < 4.78 is 0.